The summed E-state index contributed by atoms with van der Waals surface area (Å²) in [6, 6.07) is 20.7. The van der Waals surface area contributed by atoms with E-state index in [0.717, 1.165) is 25.3 Å². The highest BCUT2D eigenvalue weighted by atomic mass is 79.9. The number of hydrogen-bond acceptors (Lipinski definition) is 5. The molecule has 0 spiro atoms. The molecule has 0 unspecified atom stereocenters. The Labute approximate surface area is 190 Å². The van der Waals surface area contributed by atoms with Gasteiger partial charge < -0.3 is 15.0 Å². The highest BCUT2D eigenvalue weighted by molar-refractivity contribution is 9.10. The zero-order chi connectivity index (χ0) is 21.8. The Kier molecular flexibility index (Phi) is 6.24. The fourth-order valence-electron chi connectivity index (χ4n) is 2.85. The predicted molar refractivity (Wildman–Crippen MR) is 125 cm³/mol. The Morgan fingerprint density at radius 2 is 1.74 bits per heavy atom. The van der Waals surface area contributed by atoms with Crippen molar-refractivity contribution >= 4 is 62.4 Å². The number of carbonyl (C=O) groups excluding carboxylic acids is 2. The molecule has 9 heteroatoms. The lowest BCUT2D eigenvalue weighted by Gasteiger charge is -2.08. The molecule has 4 rings (SSSR count). The number of halogens is 1. The van der Waals surface area contributed by atoms with Crippen LogP contribution in [0, 0.1) is 0 Å². The van der Waals surface area contributed by atoms with Crippen LogP contribution in [0.4, 0.5) is 16.4 Å². The number of ether oxygens (including phenoxy) is 1. The fraction of sp³-hybridized carbons (Fsp3) is 0.0455. The molecule has 0 radical (unpaired) electrons. The molecule has 0 saturated heterocycles. The lowest BCUT2D eigenvalue weighted by molar-refractivity contribution is 0.102. The number of hydrogen-bond donors (Lipinski definition) is 3. The maximum atomic E-state index is 12.4. The van der Waals surface area contributed by atoms with Crippen LogP contribution in [0.1, 0.15) is 10.4 Å². The van der Waals surface area contributed by atoms with Gasteiger partial charge in [-0.15, -0.1) is 0 Å². The summed E-state index contributed by atoms with van der Waals surface area (Å²) in [5.41, 5.74) is 2.83. The topological polar surface area (TPSA) is 96.1 Å². The zero-order valence-electron chi connectivity index (χ0n) is 16.3. The maximum absolute atomic E-state index is 12.4. The van der Waals surface area contributed by atoms with E-state index < -0.39 is 6.09 Å². The smallest absolute Gasteiger partial charge is 0.413 e. The number of carbonyl (C=O) groups is 2. The number of nitrogens with one attached hydrogen (secondary N) is 3. The number of rotatable bonds is 5. The summed E-state index contributed by atoms with van der Waals surface area (Å²) in [5, 5.41) is 5.42. The molecule has 7 nitrogen and oxygen atoms in total. The first-order valence-corrected chi connectivity index (χ1v) is 10.8. The Balaban J connectivity index is 1.43. The van der Waals surface area contributed by atoms with Gasteiger partial charge in [-0.25, -0.2) is 9.78 Å². The van der Waals surface area contributed by atoms with Crippen LogP contribution in [0.25, 0.3) is 11.0 Å². The summed E-state index contributed by atoms with van der Waals surface area (Å²) in [6.07, 6.45) is -0.583. The monoisotopic (exact) mass is 496 g/mol. The third kappa shape index (κ3) is 5.07. The summed E-state index contributed by atoms with van der Waals surface area (Å²) in [7, 11) is 1.30. The van der Waals surface area contributed by atoms with Gasteiger partial charge in [-0.05, 0) is 70.5 Å². The van der Waals surface area contributed by atoms with Gasteiger partial charge in [0.25, 0.3) is 5.91 Å². The van der Waals surface area contributed by atoms with E-state index in [2.05, 4.69) is 41.3 Å². The van der Waals surface area contributed by atoms with Gasteiger partial charge in [0.15, 0.2) is 0 Å². The van der Waals surface area contributed by atoms with Crippen molar-refractivity contribution in [3.63, 3.8) is 0 Å². The molecular formula is C22H17BrN4O3S. The average molecular weight is 497 g/mol. The second-order valence-corrected chi connectivity index (χ2v) is 8.44. The molecule has 1 heterocycles. The van der Waals surface area contributed by atoms with E-state index in [1.807, 2.05) is 60.7 Å². The average Bonchev–Trinajstić information content (AvgIpc) is 3.16. The Hall–Kier alpha value is -3.30. The van der Waals surface area contributed by atoms with Crippen molar-refractivity contribution in [1.29, 1.82) is 0 Å². The molecule has 0 aliphatic heterocycles. The molecule has 3 N–H and O–H groups in total. The molecule has 3 aromatic carbocycles. The van der Waals surface area contributed by atoms with E-state index >= 15 is 0 Å². The van der Waals surface area contributed by atoms with Crippen molar-refractivity contribution in [3.05, 3.63) is 76.8 Å². The third-order valence-electron chi connectivity index (χ3n) is 4.33. The van der Waals surface area contributed by atoms with E-state index in [4.69, 9.17) is 0 Å². The predicted octanol–water partition coefficient (Wildman–Crippen LogP) is 5.91. The molecule has 0 bridgehead atoms. The van der Waals surface area contributed by atoms with Crippen LogP contribution >= 0.6 is 27.7 Å². The number of imidazole rings is 1. The first-order chi connectivity index (χ1) is 15.0. The van der Waals surface area contributed by atoms with Crippen LogP contribution in [-0.2, 0) is 4.74 Å². The quantitative estimate of drug-likeness (QED) is 0.319. The SMILES string of the molecule is COC(=O)Nc1nc2ccc(Sc3ccc(NC(=O)c4ccccc4Br)cc3)cc2[nH]1. The molecule has 0 aliphatic carbocycles. The number of benzene rings is 3. The van der Waals surface area contributed by atoms with Crippen molar-refractivity contribution < 1.29 is 14.3 Å². The second kappa shape index (κ2) is 9.23. The van der Waals surface area contributed by atoms with Gasteiger partial charge in [0.1, 0.15) is 0 Å². The molecule has 0 fully saturated rings. The highest BCUT2D eigenvalue weighted by Gasteiger charge is 2.10. The van der Waals surface area contributed by atoms with Gasteiger partial charge in [-0.3, -0.25) is 10.1 Å². The van der Waals surface area contributed by atoms with Gasteiger partial charge in [0.05, 0.1) is 23.7 Å². The number of nitrogens with zero attached hydrogens (tertiary/aromatic N) is 1. The summed E-state index contributed by atoms with van der Waals surface area (Å²) < 4.78 is 5.32. The number of methoxy groups -OCH3 is 1. The normalized spacial score (nSPS) is 10.6. The van der Waals surface area contributed by atoms with E-state index in [9.17, 15) is 9.59 Å². The highest BCUT2D eigenvalue weighted by Crippen LogP contribution is 2.31. The Morgan fingerprint density at radius 1 is 1.00 bits per heavy atom. The number of aromatic nitrogens is 2. The number of fused-ring (bicyclic) bond motifs is 1. The van der Waals surface area contributed by atoms with E-state index in [0.29, 0.717) is 17.2 Å². The molecule has 0 atom stereocenters. The maximum Gasteiger partial charge on any atom is 0.413 e. The molecule has 0 aliphatic rings. The summed E-state index contributed by atoms with van der Waals surface area (Å²) in [6.45, 7) is 0. The molecule has 2 amide bonds. The van der Waals surface area contributed by atoms with Crippen molar-refractivity contribution in [2.24, 2.45) is 0 Å². The molecular weight excluding hydrogens is 480 g/mol. The number of H-pyrrole nitrogens is 1. The molecule has 4 aromatic rings. The number of anilines is 2. The minimum atomic E-state index is -0.583. The minimum absolute atomic E-state index is 0.172. The van der Waals surface area contributed by atoms with Crippen molar-refractivity contribution in [1.82, 2.24) is 9.97 Å². The van der Waals surface area contributed by atoms with Gasteiger partial charge in [0, 0.05) is 20.0 Å². The molecule has 1 aromatic heterocycles. The van der Waals surface area contributed by atoms with Crippen molar-refractivity contribution in [2.75, 3.05) is 17.7 Å². The van der Waals surface area contributed by atoms with Crippen LogP contribution in [0.2, 0.25) is 0 Å². The van der Waals surface area contributed by atoms with Crippen LogP contribution in [-0.4, -0.2) is 29.1 Å². The van der Waals surface area contributed by atoms with Gasteiger partial charge in [0.2, 0.25) is 5.95 Å². The first-order valence-electron chi connectivity index (χ1n) is 9.20. The van der Waals surface area contributed by atoms with Crippen LogP contribution in [0.3, 0.4) is 0 Å². The van der Waals surface area contributed by atoms with E-state index in [1.54, 1.807) is 17.8 Å². The molecule has 31 heavy (non-hydrogen) atoms. The first kappa shape index (κ1) is 21.0. The number of aromatic amines is 1. The van der Waals surface area contributed by atoms with E-state index in [-0.39, 0.29) is 5.91 Å². The van der Waals surface area contributed by atoms with Gasteiger partial charge >= 0.3 is 6.09 Å². The fourth-order valence-corrected chi connectivity index (χ4v) is 4.17. The van der Waals surface area contributed by atoms with Crippen LogP contribution < -0.4 is 10.6 Å². The van der Waals surface area contributed by atoms with Crippen molar-refractivity contribution in [3.8, 4) is 0 Å². The van der Waals surface area contributed by atoms with Crippen molar-refractivity contribution in [2.45, 2.75) is 9.79 Å². The standard InChI is InChI=1S/C22H17BrN4O3S/c1-30-22(29)27-21-25-18-11-10-15(12-19(18)26-21)31-14-8-6-13(7-9-14)24-20(28)16-4-2-3-5-17(16)23/h2-12H,1H3,(H,24,28)(H2,25,26,27,29). The van der Waals surface area contributed by atoms with E-state index in [1.165, 1.54) is 7.11 Å². The van der Waals surface area contributed by atoms with Gasteiger partial charge in [-0.1, -0.05) is 23.9 Å². The Bertz CT molecular complexity index is 1260. The zero-order valence-corrected chi connectivity index (χ0v) is 18.7. The minimum Gasteiger partial charge on any atom is -0.453 e. The second-order valence-electron chi connectivity index (χ2n) is 6.44. The lowest BCUT2D eigenvalue weighted by Crippen LogP contribution is -2.12. The summed E-state index contributed by atoms with van der Waals surface area (Å²) in [4.78, 5) is 33.1. The summed E-state index contributed by atoms with van der Waals surface area (Å²) >= 11 is 4.97. The number of amides is 2. The van der Waals surface area contributed by atoms with Crippen LogP contribution in [0.15, 0.2) is 81.0 Å². The van der Waals surface area contributed by atoms with Gasteiger partial charge in [-0.2, -0.15) is 0 Å². The van der Waals surface area contributed by atoms with Crippen LogP contribution in [0.5, 0.6) is 0 Å². The molecule has 156 valence electrons. The third-order valence-corrected chi connectivity index (χ3v) is 6.01. The Morgan fingerprint density at radius 3 is 2.48 bits per heavy atom. The molecule has 0 saturated carbocycles. The lowest BCUT2D eigenvalue weighted by atomic mass is 10.2. The largest absolute Gasteiger partial charge is 0.453 e. The summed E-state index contributed by atoms with van der Waals surface area (Å²) in [5.74, 6) is 0.156.